The predicted octanol–water partition coefficient (Wildman–Crippen LogP) is 4.24. The van der Waals surface area contributed by atoms with Crippen molar-refractivity contribution in [3.05, 3.63) is 92.8 Å². The molecule has 0 bridgehead atoms. The summed E-state index contributed by atoms with van der Waals surface area (Å²) in [5.41, 5.74) is 2.07. The number of halogens is 2. The molecular formula is C24H19ClIN3O3. The minimum absolute atomic E-state index is 0.0581. The van der Waals surface area contributed by atoms with Crippen LogP contribution >= 0.6 is 34.2 Å². The molecule has 0 aliphatic carbocycles. The molecule has 0 saturated carbocycles. The minimum Gasteiger partial charge on any atom is -0.325 e. The first-order chi connectivity index (χ1) is 15.4. The summed E-state index contributed by atoms with van der Waals surface area (Å²) < 4.78 is 0.998. The van der Waals surface area contributed by atoms with Crippen molar-refractivity contribution in [2.45, 2.75) is 25.4 Å². The molecule has 32 heavy (non-hydrogen) atoms. The Bertz CT molecular complexity index is 1140. The summed E-state index contributed by atoms with van der Waals surface area (Å²) in [4.78, 5) is 46.2. The summed E-state index contributed by atoms with van der Waals surface area (Å²) in [5.74, 6) is -0.965. The van der Waals surface area contributed by atoms with Crippen molar-refractivity contribution in [2.75, 3.05) is 4.90 Å². The highest BCUT2D eigenvalue weighted by atomic mass is 127. The Morgan fingerprint density at radius 3 is 2.44 bits per heavy atom. The third-order valence-corrected chi connectivity index (χ3v) is 6.22. The number of carbonyl (C=O) groups excluding carboxylic acids is 3. The zero-order valence-electron chi connectivity index (χ0n) is 16.9. The second-order valence-electron chi connectivity index (χ2n) is 7.45. The van der Waals surface area contributed by atoms with Crippen molar-refractivity contribution in [3.8, 4) is 0 Å². The van der Waals surface area contributed by atoms with Crippen LogP contribution in [0.1, 0.15) is 17.5 Å². The largest absolute Gasteiger partial charge is 0.325 e. The van der Waals surface area contributed by atoms with Gasteiger partial charge < -0.3 is 4.90 Å². The van der Waals surface area contributed by atoms with E-state index in [1.54, 1.807) is 54.9 Å². The molecule has 1 aliphatic rings. The summed E-state index contributed by atoms with van der Waals surface area (Å²) in [6.07, 6.45) is 3.34. The van der Waals surface area contributed by atoms with Gasteiger partial charge in [-0.15, -0.1) is 0 Å². The van der Waals surface area contributed by atoms with Gasteiger partial charge in [-0.05, 0) is 76.2 Å². The van der Waals surface area contributed by atoms with E-state index < -0.39 is 11.9 Å². The quantitative estimate of drug-likeness (QED) is 0.335. The maximum Gasteiger partial charge on any atom is 0.257 e. The van der Waals surface area contributed by atoms with Gasteiger partial charge in [0.05, 0.1) is 18.5 Å². The summed E-state index contributed by atoms with van der Waals surface area (Å²) in [6, 6.07) is 16.9. The van der Waals surface area contributed by atoms with Gasteiger partial charge in [-0.25, -0.2) is 4.90 Å². The summed E-state index contributed by atoms with van der Waals surface area (Å²) >= 11 is 8.11. The molecule has 3 amide bonds. The first kappa shape index (κ1) is 22.4. The highest BCUT2D eigenvalue weighted by Gasteiger charge is 2.44. The second-order valence-corrected chi connectivity index (χ2v) is 9.13. The van der Waals surface area contributed by atoms with Crippen LogP contribution in [0.2, 0.25) is 5.02 Å². The summed E-state index contributed by atoms with van der Waals surface area (Å²) in [5, 5.41) is 0.582. The third-order valence-electron chi connectivity index (χ3n) is 5.25. The molecule has 1 atom stereocenters. The highest BCUT2D eigenvalue weighted by Crippen LogP contribution is 2.28. The molecule has 3 aromatic rings. The lowest BCUT2D eigenvalue weighted by molar-refractivity contribution is -0.138. The van der Waals surface area contributed by atoms with Crippen molar-refractivity contribution in [2.24, 2.45) is 0 Å². The number of imide groups is 1. The van der Waals surface area contributed by atoms with E-state index in [-0.39, 0.29) is 31.2 Å². The molecule has 6 nitrogen and oxygen atoms in total. The van der Waals surface area contributed by atoms with E-state index in [9.17, 15) is 14.4 Å². The molecule has 0 radical (unpaired) electrons. The molecule has 2 aromatic carbocycles. The monoisotopic (exact) mass is 559 g/mol. The maximum atomic E-state index is 13.3. The van der Waals surface area contributed by atoms with E-state index in [1.807, 2.05) is 18.2 Å². The topological polar surface area (TPSA) is 70.6 Å². The number of rotatable bonds is 6. The van der Waals surface area contributed by atoms with Gasteiger partial charge >= 0.3 is 0 Å². The van der Waals surface area contributed by atoms with Gasteiger partial charge in [0.15, 0.2) is 0 Å². The van der Waals surface area contributed by atoms with Crippen LogP contribution in [0, 0.1) is 3.57 Å². The van der Waals surface area contributed by atoms with Crippen molar-refractivity contribution >= 4 is 57.6 Å². The Kier molecular flexibility index (Phi) is 6.86. The molecule has 8 heteroatoms. The zero-order chi connectivity index (χ0) is 22.7. The normalized spacial score (nSPS) is 15.8. The Hall–Kier alpha value is -2.78. The number of aromatic nitrogens is 1. The standard InChI is InChI=1S/C24H19ClIN3O3/c25-18-5-3-16(4-6-18)12-22(30)28(15-17-2-1-11-27-14-17)21-13-23(31)29(24(21)32)20-9-7-19(26)8-10-20/h1-11,14,21H,12-13,15H2. The Morgan fingerprint density at radius 2 is 1.78 bits per heavy atom. The van der Waals surface area contributed by atoms with Crippen LogP contribution in [0.5, 0.6) is 0 Å². The molecule has 4 rings (SSSR count). The SMILES string of the molecule is O=C1CC(N(Cc2cccnc2)C(=O)Cc2ccc(Cl)cc2)C(=O)N1c1ccc(I)cc1. The van der Waals surface area contributed by atoms with Gasteiger partial charge in [-0.1, -0.05) is 29.8 Å². The lowest BCUT2D eigenvalue weighted by Crippen LogP contribution is -2.45. The fourth-order valence-electron chi connectivity index (χ4n) is 3.66. The predicted molar refractivity (Wildman–Crippen MR) is 130 cm³/mol. The van der Waals surface area contributed by atoms with Crippen LogP contribution in [0.15, 0.2) is 73.1 Å². The number of nitrogens with zero attached hydrogens (tertiary/aromatic N) is 3. The van der Waals surface area contributed by atoms with Crippen LogP contribution in [-0.4, -0.2) is 33.6 Å². The van der Waals surface area contributed by atoms with Crippen LogP contribution in [0.3, 0.4) is 0 Å². The van der Waals surface area contributed by atoms with Crippen LogP contribution in [0.25, 0.3) is 0 Å². The number of carbonyl (C=O) groups is 3. The number of pyridine rings is 1. The lowest BCUT2D eigenvalue weighted by Gasteiger charge is -2.28. The maximum absolute atomic E-state index is 13.3. The molecule has 1 saturated heterocycles. The first-order valence-electron chi connectivity index (χ1n) is 9.97. The molecule has 0 N–H and O–H groups in total. The Morgan fingerprint density at radius 1 is 1.06 bits per heavy atom. The van der Waals surface area contributed by atoms with Crippen molar-refractivity contribution in [3.63, 3.8) is 0 Å². The molecule has 162 valence electrons. The second kappa shape index (κ2) is 9.79. The molecule has 1 aromatic heterocycles. The zero-order valence-corrected chi connectivity index (χ0v) is 19.9. The van der Waals surface area contributed by atoms with E-state index in [4.69, 9.17) is 11.6 Å². The van der Waals surface area contributed by atoms with Gasteiger partial charge in [0, 0.05) is 27.5 Å². The van der Waals surface area contributed by atoms with E-state index >= 15 is 0 Å². The van der Waals surface area contributed by atoms with Crippen LogP contribution in [-0.2, 0) is 27.3 Å². The fourth-order valence-corrected chi connectivity index (χ4v) is 4.15. The van der Waals surface area contributed by atoms with Crippen LogP contribution < -0.4 is 4.90 Å². The average Bonchev–Trinajstić information content (AvgIpc) is 3.08. The number of hydrogen-bond donors (Lipinski definition) is 0. The van der Waals surface area contributed by atoms with E-state index in [0.29, 0.717) is 10.7 Å². The van der Waals surface area contributed by atoms with E-state index in [1.165, 1.54) is 9.80 Å². The van der Waals surface area contributed by atoms with Crippen molar-refractivity contribution in [1.82, 2.24) is 9.88 Å². The van der Waals surface area contributed by atoms with Gasteiger partial charge in [-0.3, -0.25) is 19.4 Å². The number of amides is 3. The van der Waals surface area contributed by atoms with E-state index in [2.05, 4.69) is 27.6 Å². The average molecular weight is 560 g/mol. The van der Waals surface area contributed by atoms with Gasteiger partial charge in [-0.2, -0.15) is 0 Å². The smallest absolute Gasteiger partial charge is 0.257 e. The first-order valence-corrected chi connectivity index (χ1v) is 11.4. The van der Waals surface area contributed by atoms with E-state index in [0.717, 1.165) is 14.7 Å². The fraction of sp³-hybridized carbons (Fsp3) is 0.167. The summed E-state index contributed by atoms with van der Waals surface area (Å²) in [7, 11) is 0. The molecule has 2 heterocycles. The number of anilines is 1. The number of hydrogen-bond acceptors (Lipinski definition) is 4. The van der Waals surface area contributed by atoms with Gasteiger partial charge in [0.1, 0.15) is 6.04 Å². The third kappa shape index (κ3) is 4.99. The van der Waals surface area contributed by atoms with Crippen molar-refractivity contribution in [1.29, 1.82) is 0 Å². The number of benzene rings is 2. The summed E-state index contributed by atoms with van der Waals surface area (Å²) in [6.45, 7) is 0.185. The molecule has 1 unspecified atom stereocenters. The Balaban J connectivity index is 1.62. The minimum atomic E-state index is -0.873. The van der Waals surface area contributed by atoms with Crippen LogP contribution in [0.4, 0.5) is 5.69 Å². The molecular weight excluding hydrogens is 541 g/mol. The van der Waals surface area contributed by atoms with Gasteiger partial charge in [0.2, 0.25) is 11.8 Å². The van der Waals surface area contributed by atoms with Crippen molar-refractivity contribution < 1.29 is 14.4 Å². The lowest BCUT2D eigenvalue weighted by atomic mass is 10.1. The molecule has 1 fully saturated rings. The molecule has 0 spiro atoms. The van der Waals surface area contributed by atoms with Gasteiger partial charge in [0.25, 0.3) is 5.91 Å². The molecule has 1 aliphatic heterocycles. The highest BCUT2D eigenvalue weighted by molar-refractivity contribution is 14.1. The Labute approximate surface area is 204 Å².